The Morgan fingerprint density at radius 1 is 1.50 bits per heavy atom. The summed E-state index contributed by atoms with van der Waals surface area (Å²) in [6.45, 7) is 5.37. The quantitative estimate of drug-likeness (QED) is 0.816. The predicted octanol–water partition coefficient (Wildman–Crippen LogP) is 3.67. The largest absolute Gasteiger partial charge is 0.466 e. The van der Waals surface area contributed by atoms with Crippen molar-refractivity contribution in [1.29, 1.82) is 0 Å². The van der Waals surface area contributed by atoms with Gasteiger partial charge in [0.2, 0.25) is 0 Å². The van der Waals surface area contributed by atoms with Gasteiger partial charge in [-0.05, 0) is 32.4 Å². The van der Waals surface area contributed by atoms with Crippen LogP contribution in [0.15, 0.2) is 18.2 Å². The maximum Gasteiger partial charge on any atom is 0.312 e. The van der Waals surface area contributed by atoms with Gasteiger partial charge in [0.1, 0.15) is 11.4 Å². The third-order valence-corrected chi connectivity index (χ3v) is 3.62. The second kappa shape index (κ2) is 7.04. The Bertz CT molecular complexity index is 474. The molecular formula is C15H20ClFO3. The highest BCUT2D eigenvalue weighted by Crippen LogP contribution is 2.37. The Kier molecular flexibility index (Phi) is 5.96. The van der Waals surface area contributed by atoms with Crippen molar-refractivity contribution in [1.82, 2.24) is 0 Å². The standard InChI is InChI=1S/C15H20ClFO3/c1-4-6-12(14(18)20-5-2)15(3,19)11-8-7-10(17)9-13(11)16/h7-9,12,19H,4-6H2,1-3H3. The Labute approximate surface area is 123 Å². The zero-order valence-electron chi connectivity index (χ0n) is 12.0. The molecule has 0 heterocycles. The number of hydrogen-bond donors (Lipinski definition) is 1. The highest BCUT2D eigenvalue weighted by molar-refractivity contribution is 6.31. The van der Waals surface area contributed by atoms with Gasteiger partial charge >= 0.3 is 5.97 Å². The van der Waals surface area contributed by atoms with Crippen molar-refractivity contribution >= 4 is 17.6 Å². The van der Waals surface area contributed by atoms with Gasteiger partial charge in [-0.15, -0.1) is 0 Å². The Balaban J connectivity index is 3.17. The summed E-state index contributed by atoms with van der Waals surface area (Å²) in [6.07, 6.45) is 1.16. The maximum atomic E-state index is 13.1. The summed E-state index contributed by atoms with van der Waals surface area (Å²) in [7, 11) is 0. The van der Waals surface area contributed by atoms with Gasteiger partial charge in [-0.25, -0.2) is 4.39 Å². The summed E-state index contributed by atoms with van der Waals surface area (Å²) in [4.78, 5) is 12.0. The smallest absolute Gasteiger partial charge is 0.312 e. The van der Waals surface area contributed by atoms with Gasteiger partial charge in [-0.3, -0.25) is 4.79 Å². The van der Waals surface area contributed by atoms with E-state index in [2.05, 4.69) is 0 Å². The third-order valence-electron chi connectivity index (χ3n) is 3.30. The second-order valence-electron chi connectivity index (χ2n) is 4.86. The van der Waals surface area contributed by atoms with Crippen LogP contribution in [0.4, 0.5) is 4.39 Å². The molecule has 1 rings (SSSR count). The normalized spacial score (nSPS) is 15.5. The number of esters is 1. The molecule has 0 fully saturated rings. The lowest BCUT2D eigenvalue weighted by Gasteiger charge is -2.32. The van der Waals surface area contributed by atoms with Crippen molar-refractivity contribution < 1.29 is 19.0 Å². The van der Waals surface area contributed by atoms with E-state index in [1.165, 1.54) is 19.1 Å². The number of ether oxygens (including phenoxy) is 1. The first kappa shape index (κ1) is 16.9. The predicted molar refractivity (Wildman–Crippen MR) is 76.0 cm³/mol. The van der Waals surface area contributed by atoms with Gasteiger partial charge in [-0.1, -0.05) is 31.0 Å². The number of hydrogen-bond acceptors (Lipinski definition) is 3. The molecular weight excluding hydrogens is 283 g/mol. The van der Waals surface area contributed by atoms with Crippen LogP contribution in [-0.4, -0.2) is 17.7 Å². The van der Waals surface area contributed by atoms with Gasteiger partial charge in [-0.2, -0.15) is 0 Å². The van der Waals surface area contributed by atoms with Crippen LogP contribution in [0.1, 0.15) is 39.2 Å². The topological polar surface area (TPSA) is 46.5 Å². The van der Waals surface area contributed by atoms with Crippen LogP contribution in [0.2, 0.25) is 5.02 Å². The zero-order chi connectivity index (χ0) is 15.3. The number of halogens is 2. The number of rotatable bonds is 6. The van der Waals surface area contributed by atoms with Gasteiger partial charge in [0.25, 0.3) is 0 Å². The molecule has 1 aromatic carbocycles. The van der Waals surface area contributed by atoms with E-state index in [-0.39, 0.29) is 11.6 Å². The van der Waals surface area contributed by atoms with Crippen LogP contribution in [0, 0.1) is 11.7 Å². The fourth-order valence-electron chi connectivity index (χ4n) is 2.25. The highest BCUT2D eigenvalue weighted by Gasteiger charge is 2.40. The molecule has 0 aromatic heterocycles. The lowest BCUT2D eigenvalue weighted by atomic mass is 9.80. The fraction of sp³-hybridized carbons (Fsp3) is 0.533. The molecule has 1 aromatic rings. The molecule has 0 amide bonds. The number of aliphatic hydroxyl groups is 1. The van der Waals surface area contributed by atoms with Crippen molar-refractivity contribution in [3.63, 3.8) is 0 Å². The summed E-state index contributed by atoms with van der Waals surface area (Å²) in [5.41, 5.74) is -1.18. The molecule has 3 nitrogen and oxygen atoms in total. The fourth-order valence-corrected chi connectivity index (χ4v) is 2.61. The lowest BCUT2D eigenvalue weighted by Crippen LogP contribution is -2.38. The van der Waals surface area contributed by atoms with E-state index in [0.717, 1.165) is 6.07 Å². The van der Waals surface area contributed by atoms with Crippen LogP contribution in [0.3, 0.4) is 0 Å². The summed E-state index contributed by atoms with van der Waals surface area (Å²) in [6, 6.07) is 3.74. The van der Waals surface area contributed by atoms with Gasteiger partial charge < -0.3 is 9.84 Å². The van der Waals surface area contributed by atoms with Crippen molar-refractivity contribution in [2.75, 3.05) is 6.61 Å². The van der Waals surface area contributed by atoms with Crippen LogP contribution in [-0.2, 0) is 15.1 Å². The van der Waals surface area contributed by atoms with Crippen molar-refractivity contribution in [2.24, 2.45) is 5.92 Å². The molecule has 1 N–H and O–H groups in total. The molecule has 0 spiro atoms. The monoisotopic (exact) mass is 302 g/mol. The lowest BCUT2D eigenvalue weighted by molar-refractivity contribution is -0.158. The van der Waals surface area contributed by atoms with Gasteiger partial charge in [0.15, 0.2) is 0 Å². The molecule has 0 aliphatic heterocycles. The molecule has 0 saturated carbocycles. The molecule has 0 aliphatic carbocycles. The molecule has 2 atom stereocenters. The van der Waals surface area contributed by atoms with E-state index < -0.39 is 23.3 Å². The van der Waals surface area contributed by atoms with Crippen molar-refractivity contribution in [3.05, 3.63) is 34.6 Å². The first-order chi connectivity index (χ1) is 9.34. The molecule has 0 aliphatic rings. The van der Waals surface area contributed by atoms with Gasteiger partial charge in [0.05, 0.1) is 12.5 Å². The average Bonchev–Trinajstić information content (AvgIpc) is 2.35. The Morgan fingerprint density at radius 2 is 2.15 bits per heavy atom. The van der Waals surface area contributed by atoms with E-state index in [1.807, 2.05) is 6.92 Å². The summed E-state index contributed by atoms with van der Waals surface area (Å²) in [5.74, 6) is -1.70. The molecule has 2 unspecified atom stereocenters. The van der Waals surface area contributed by atoms with E-state index in [9.17, 15) is 14.3 Å². The summed E-state index contributed by atoms with van der Waals surface area (Å²) < 4.78 is 18.1. The highest BCUT2D eigenvalue weighted by atomic mass is 35.5. The average molecular weight is 303 g/mol. The molecule has 112 valence electrons. The molecule has 0 bridgehead atoms. The number of carbonyl (C=O) groups is 1. The first-order valence-corrected chi connectivity index (χ1v) is 7.06. The van der Waals surface area contributed by atoms with Crippen LogP contribution >= 0.6 is 11.6 Å². The van der Waals surface area contributed by atoms with Crippen LogP contribution in [0.5, 0.6) is 0 Å². The van der Waals surface area contributed by atoms with Crippen LogP contribution in [0.25, 0.3) is 0 Å². The second-order valence-corrected chi connectivity index (χ2v) is 5.27. The van der Waals surface area contributed by atoms with E-state index in [1.54, 1.807) is 6.92 Å². The zero-order valence-corrected chi connectivity index (χ0v) is 12.7. The third kappa shape index (κ3) is 3.70. The van der Waals surface area contributed by atoms with Gasteiger partial charge in [0, 0.05) is 10.6 Å². The Morgan fingerprint density at radius 3 is 2.65 bits per heavy atom. The molecule has 5 heteroatoms. The molecule has 0 saturated heterocycles. The number of carbonyl (C=O) groups excluding carboxylic acids is 1. The SMILES string of the molecule is CCCC(C(=O)OCC)C(C)(O)c1ccc(F)cc1Cl. The minimum absolute atomic E-state index is 0.0976. The van der Waals surface area contributed by atoms with E-state index in [4.69, 9.17) is 16.3 Å². The molecule has 20 heavy (non-hydrogen) atoms. The first-order valence-electron chi connectivity index (χ1n) is 6.69. The molecule has 0 radical (unpaired) electrons. The summed E-state index contributed by atoms with van der Waals surface area (Å²) >= 11 is 5.99. The number of benzene rings is 1. The summed E-state index contributed by atoms with van der Waals surface area (Å²) in [5, 5.41) is 10.8. The van der Waals surface area contributed by atoms with E-state index >= 15 is 0 Å². The minimum Gasteiger partial charge on any atom is -0.466 e. The maximum absolute atomic E-state index is 13.1. The van der Waals surface area contributed by atoms with Crippen LogP contribution < -0.4 is 0 Å². The minimum atomic E-state index is -1.51. The van der Waals surface area contributed by atoms with Crippen molar-refractivity contribution in [2.45, 2.75) is 39.2 Å². The van der Waals surface area contributed by atoms with E-state index in [0.29, 0.717) is 18.4 Å². The Hall–Kier alpha value is -1.13. The van der Waals surface area contributed by atoms with Crippen molar-refractivity contribution in [3.8, 4) is 0 Å².